The van der Waals surface area contributed by atoms with Gasteiger partial charge >= 0.3 is 5.97 Å². The zero-order valence-electron chi connectivity index (χ0n) is 15.1. The molecule has 11 nitrogen and oxygen atoms in total. The van der Waals surface area contributed by atoms with Gasteiger partial charge in [-0.3, -0.25) is 8.98 Å². The summed E-state index contributed by atoms with van der Waals surface area (Å²) in [5, 5.41) is 33.0. The molecule has 2 rings (SSSR count). The molecule has 12 heteroatoms. The highest BCUT2D eigenvalue weighted by atomic mass is 32.2. The molecular weight excluding hydrogens is 384 g/mol. The molecule has 6 N–H and O–H groups in total. The fraction of sp³-hybridized carbons (Fsp3) is 0.733. The van der Waals surface area contributed by atoms with Crippen LogP contribution in [0.4, 0.5) is 0 Å². The summed E-state index contributed by atoms with van der Waals surface area (Å²) in [4.78, 5) is 24.6. The zero-order valence-corrected chi connectivity index (χ0v) is 15.9. The Labute approximate surface area is 156 Å². The molecule has 0 spiro atoms. The predicted molar refractivity (Wildman–Crippen MR) is 90.6 cm³/mol. The van der Waals surface area contributed by atoms with Gasteiger partial charge in [0, 0.05) is 12.3 Å². The summed E-state index contributed by atoms with van der Waals surface area (Å²) in [6, 6.07) is -2.19. The smallest absolute Gasteiger partial charge is 0.338 e. The Kier molecular flexibility index (Phi) is 5.88. The second kappa shape index (κ2) is 7.36. The molecule has 0 saturated carbocycles. The number of aliphatic hydroxyl groups excluding tert-OH is 3. The molecule has 1 aliphatic carbocycles. The number of carbonyl (C=O) groups is 2. The van der Waals surface area contributed by atoms with Gasteiger partial charge in [-0.25, -0.2) is 4.79 Å². The number of nitrogens with one attached hydrogen (secondary N) is 1. The molecule has 0 radical (unpaired) electrons. The third-order valence-electron chi connectivity index (χ3n) is 4.64. The zero-order chi connectivity index (χ0) is 20.7. The molecule has 0 unspecified atom stereocenters. The van der Waals surface area contributed by atoms with Crippen molar-refractivity contribution < 1.29 is 42.2 Å². The summed E-state index contributed by atoms with van der Waals surface area (Å²) in [5.41, 5.74) is 3.53. The minimum absolute atomic E-state index is 0.292. The van der Waals surface area contributed by atoms with Gasteiger partial charge in [0.2, 0.25) is 5.91 Å². The van der Waals surface area contributed by atoms with E-state index in [1.165, 1.54) is 13.8 Å². The molecule has 1 fully saturated rings. The third-order valence-corrected chi connectivity index (χ3v) is 5.19. The Morgan fingerprint density at radius 3 is 2.59 bits per heavy atom. The maximum atomic E-state index is 12.4. The molecule has 1 amide bonds. The van der Waals surface area contributed by atoms with Crippen molar-refractivity contribution in [2.75, 3.05) is 12.9 Å². The summed E-state index contributed by atoms with van der Waals surface area (Å²) in [6.07, 6.45) is -2.50. The SMILES string of the molecule is C[C@H](N)C(=O)N[C@@H]1[C@H]2C(=C(O)C[C@@H](O)[C@@H]2O)C(=O)O[C@@]1(C)COS(C)(=O)=O. The number of carbonyl (C=O) groups excluding carboxylic acids is 2. The second-order valence-corrected chi connectivity index (χ2v) is 8.74. The van der Waals surface area contributed by atoms with Crippen LogP contribution in [0.5, 0.6) is 0 Å². The Balaban J connectivity index is 2.52. The average Bonchev–Trinajstić information content (AvgIpc) is 2.52. The van der Waals surface area contributed by atoms with E-state index < -0.39 is 70.2 Å². The van der Waals surface area contributed by atoms with E-state index in [0.29, 0.717) is 0 Å². The topological polar surface area (TPSA) is 185 Å². The van der Waals surface area contributed by atoms with Crippen molar-refractivity contribution >= 4 is 22.0 Å². The van der Waals surface area contributed by atoms with E-state index in [1.807, 2.05) is 0 Å². The van der Waals surface area contributed by atoms with Gasteiger partial charge < -0.3 is 31.1 Å². The lowest BCUT2D eigenvalue weighted by Crippen LogP contribution is -2.68. The van der Waals surface area contributed by atoms with Crippen molar-refractivity contribution in [2.45, 2.75) is 50.2 Å². The first kappa shape index (κ1) is 21.6. The van der Waals surface area contributed by atoms with Crippen LogP contribution in [0.3, 0.4) is 0 Å². The maximum Gasteiger partial charge on any atom is 0.338 e. The fourth-order valence-electron chi connectivity index (χ4n) is 3.23. The first-order valence-electron chi connectivity index (χ1n) is 8.18. The van der Waals surface area contributed by atoms with Crippen LogP contribution in [0.15, 0.2) is 11.3 Å². The van der Waals surface area contributed by atoms with Gasteiger partial charge in [-0.15, -0.1) is 0 Å². The Morgan fingerprint density at radius 2 is 2.07 bits per heavy atom. The van der Waals surface area contributed by atoms with Crippen molar-refractivity contribution in [1.82, 2.24) is 5.32 Å². The molecule has 154 valence electrons. The number of ether oxygens (including phenoxy) is 1. The maximum absolute atomic E-state index is 12.4. The number of hydrogen-bond acceptors (Lipinski definition) is 10. The summed E-state index contributed by atoms with van der Waals surface area (Å²) >= 11 is 0. The lowest BCUT2D eigenvalue weighted by atomic mass is 9.70. The van der Waals surface area contributed by atoms with Crippen LogP contribution < -0.4 is 11.1 Å². The summed E-state index contributed by atoms with van der Waals surface area (Å²) in [7, 11) is -3.91. The number of nitrogens with two attached hydrogens (primary N) is 1. The van der Waals surface area contributed by atoms with Crippen molar-refractivity contribution in [3.8, 4) is 0 Å². The number of aliphatic hydroxyl groups is 3. The Hall–Kier alpha value is -1.73. The van der Waals surface area contributed by atoms with E-state index in [9.17, 15) is 33.3 Å². The van der Waals surface area contributed by atoms with Gasteiger partial charge in [-0.1, -0.05) is 0 Å². The first-order chi connectivity index (χ1) is 12.3. The van der Waals surface area contributed by atoms with Gasteiger partial charge in [-0.05, 0) is 13.8 Å². The molecular formula is C15H24N2O9S. The molecule has 1 saturated heterocycles. The van der Waals surface area contributed by atoms with Crippen molar-refractivity contribution in [1.29, 1.82) is 0 Å². The Bertz CT molecular complexity index is 763. The van der Waals surface area contributed by atoms with Crippen LogP contribution in [0.1, 0.15) is 20.3 Å². The van der Waals surface area contributed by atoms with Gasteiger partial charge in [0.1, 0.15) is 12.4 Å². The highest BCUT2D eigenvalue weighted by Crippen LogP contribution is 2.42. The van der Waals surface area contributed by atoms with Crippen LogP contribution in [-0.2, 0) is 28.6 Å². The summed E-state index contributed by atoms with van der Waals surface area (Å²) < 4.78 is 32.8. The van der Waals surface area contributed by atoms with Crippen molar-refractivity contribution in [3.63, 3.8) is 0 Å². The quantitative estimate of drug-likeness (QED) is 0.244. The molecule has 1 heterocycles. The van der Waals surface area contributed by atoms with Crippen LogP contribution in [-0.4, -0.2) is 78.4 Å². The fourth-order valence-corrected chi connectivity index (χ4v) is 3.68. The number of esters is 1. The highest BCUT2D eigenvalue weighted by molar-refractivity contribution is 7.85. The molecule has 6 atom stereocenters. The van der Waals surface area contributed by atoms with Crippen LogP contribution in [0.2, 0.25) is 0 Å². The number of fused-ring (bicyclic) bond motifs is 1. The number of hydrogen-bond donors (Lipinski definition) is 5. The molecule has 1 aliphatic heterocycles. The van der Waals surface area contributed by atoms with E-state index in [2.05, 4.69) is 5.32 Å². The minimum atomic E-state index is -3.91. The number of cyclic esters (lactones) is 1. The Morgan fingerprint density at radius 1 is 1.48 bits per heavy atom. The molecule has 27 heavy (non-hydrogen) atoms. The van der Waals surface area contributed by atoms with E-state index in [-0.39, 0.29) is 12.0 Å². The van der Waals surface area contributed by atoms with Gasteiger partial charge in [-0.2, -0.15) is 8.42 Å². The monoisotopic (exact) mass is 408 g/mol. The summed E-state index contributed by atoms with van der Waals surface area (Å²) in [6.45, 7) is 2.05. The first-order valence-corrected chi connectivity index (χ1v) is 10.0. The largest absolute Gasteiger partial charge is 0.512 e. The standard InChI is InChI=1S/C15H24N2O9S/c1-6(16)13(21)17-12-10-9(7(18)4-8(19)11(10)20)14(22)26-15(12,2)5-25-27(3,23)24/h6,8,10-12,18-20H,4-5,16H2,1-3H3,(H,17,21)/t6-,8+,10-,11-,12+,15-/m0/s1. The van der Waals surface area contributed by atoms with Gasteiger partial charge in [0.25, 0.3) is 10.1 Å². The minimum Gasteiger partial charge on any atom is -0.512 e. The molecule has 0 aromatic heterocycles. The molecule has 0 aromatic rings. The van der Waals surface area contributed by atoms with Crippen molar-refractivity contribution in [2.24, 2.45) is 11.7 Å². The second-order valence-electron chi connectivity index (χ2n) is 7.09. The van der Waals surface area contributed by atoms with E-state index in [1.54, 1.807) is 0 Å². The van der Waals surface area contributed by atoms with Gasteiger partial charge in [0.15, 0.2) is 5.60 Å². The summed E-state index contributed by atoms with van der Waals surface area (Å²) in [5.74, 6) is -3.41. The highest BCUT2D eigenvalue weighted by Gasteiger charge is 2.57. The molecule has 0 aromatic carbocycles. The molecule has 2 aliphatic rings. The van der Waals surface area contributed by atoms with E-state index in [4.69, 9.17) is 14.7 Å². The average molecular weight is 408 g/mol. The third kappa shape index (κ3) is 4.41. The normalized spacial score (nSPS) is 35.3. The van der Waals surface area contributed by atoms with Crippen molar-refractivity contribution in [3.05, 3.63) is 11.3 Å². The van der Waals surface area contributed by atoms with Crippen LogP contribution in [0.25, 0.3) is 0 Å². The van der Waals surface area contributed by atoms with Gasteiger partial charge in [0.05, 0.1) is 36.1 Å². The predicted octanol–water partition coefficient (Wildman–Crippen LogP) is -2.34. The van der Waals surface area contributed by atoms with Crippen LogP contribution in [0, 0.1) is 5.92 Å². The number of amides is 1. The lowest BCUT2D eigenvalue weighted by molar-refractivity contribution is -0.180. The lowest BCUT2D eigenvalue weighted by Gasteiger charge is -2.49. The van der Waals surface area contributed by atoms with Crippen LogP contribution >= 0.6 is 0 Å². The number of rotatable bonds is 5. The van der Waals surface area contributed by atoms with E-state index in [0.717, 1.165) is 6.26 Å². The van der Waals surface area contributed by atoms with E-state index >= 15 is 0 Å². The molecule has 0 bridgehead atoms.